The first-order valence-corrected chi connectivity index (χ1v) is 12.3. The molecule has 2 aromatic carbocycles. The monoisotopic (exact) mass is 532 g/mol. The first-order chi connectivity index (χ1) is 16.0. The Hall–Kier alpha value is -1.89. The fourth-order valence-electron chi connectivity index (χ4n) is 6.34. The van der Waals surface area contributed by atoms with Gasteiger partial charge in [0.2, 0.25) is 0 Å². The molecular formula is C27H31Cl3N4O. The average molecular weight is 534 g/mol. The van der Waals surface area contributed by atoms with Crippen molar-refractivity contribution in [1.82, 2.24) is 15.3 Å². The molecule has 3 heterocycles. The Morgan fingerprint density at radius 3 is 2.74 bits per heavy atom. The third-order valence-electron chi connectivity index (χ3n) is 7.81. The minimum Gasteiger partial charge on any atom is -0.387 e. The van der Waals surface area contributed by atoms with Crippen molar-refractivity contribution in [2.75, 3.05) is 18.0 Å². The SMILES string of the molecule is C[C@@H]1C[C@@H](O)c2ncnc(N3CC4(CCNC(Cc5ccccc5)C4)c4cc(Cl)ccc43)c21.Cl.Cl. The van der Waals surface area contributed by atoms with Gasteiger partial charge in [-0.05, 0) is 67.5 Å². The van der Waals surface area contributed by atoms with Crippen LogP contribution >= 0.6 is 36.4 Å². The third-order valence-corrected chi connectivity index (χ3v) is 8.05. The Morgan fingerprint density at radius 2 is 1.94 bits per heavy atom. The summed E-state index contributed by atoms with van der Waals surface area (Å²) >= 11 is 6.53. The van der Waals surface area contributed by atoms with E-state index in [1.807, 2.05) is 6.07 Å². The van der Waals surface area contributed by atoms with Crippen LogP contribution in [0.1, 0.15) is 60.6 Å². The minimum atomic E-state index is -0.507. The molecule has 0 radical (unpaired) electrons. The highest BCUT2D eigenvalue weighted by molar-refractivity contribution is 6.30. The highest BCUT2D eigenvalue weighted by Crippen LogP contribution is 2.53. The Labute approximate surface area is 224 Å². The van der Waals surface area contributed by atoms with E-state index in [1.54, 1.807) is 6.33 Å². The summed E-state index contributed by atoms with van der Waals surface area (Å²) in [5, 5.41) is 15.1. The molecule has 35 heavy (non-hydrogen) atoms. The van der Waals surface area contributed by atoms with E-state index in [-0.39, 0.29) is 36.1 Å². The van der Waals surface area contributed by atoms with Crippen LogP contribution in [-0.2, 0) is 11.8 Å². The van der Waals surface area contributed by atoms with E-state index in [0.717, 1.165) is 54.4 Å². The van der Waals surface area contributed by atoms with Gasteiger partial charge in [0.15, 0.2) is 0 Å². The van der Waals surface area contributed by atoms with E-state index in [9.17, 15) is 5.11 Å². The molecule has 3 aromatic rings. The van der Waals surface area contributed by atoms with Crippen LogP contribution in [0.3, 0.4) is 0 Å². The number of piperidine rings is 1. The molecule has 1 spiro atoms. The van der Waals surface area contributed by atoms with Crippen molar-refractivity contribution in [3.63, 3.8) is 0 Å². The molecule has 3 aliphatic rings. The van der Waals surface area contributed by atoms with Gasteiger partial charge in [-0.2, -0.15) is 0 Å². The lowest BCUT2D eigenvalue weighted by atomic mass is 9.71. The number of fused-ring (bicyclic) bond motifs is 3. The lowest BCUT2D eigenvalue weighted by molar-refractivity contribution is 0.170. The summed E-state index contributed by atoms with van der Waals surface area (Å²) in [6, 6.07) is 17.4. The molecule has 0 amide bonds. The summed E-state index contributed by atoms with van der Waals surface area (Å²) in [6.45, 7) is 4.02. The fraction of sp³-hybridized carbons (Fsp3) is 0.407. The number of rotatable bonds is 3. The number of aliphatic hydroxyl groups excluding tert-OH is 1. The molecule has 5 nitrogen and oxygen atoms in total. The lowest BCUT2D eigenvalue weighted by Crippen LogP contribution is -2.49. The van der Waals surface area contributed by atoms with E-state index in [2.05, 4.69) is 64.6 Å². The largest absolute Gasteiger partial charge is 0.387 e. The minimum absolute atomic E-state index is 0. The van der Waals surface area contributed by atoms with Gasteiger partial charge < -0.3 is 15.3 Å². The second-order valence-electron chi connectivity index (χ2n) is 9.97. The zero-order valence-electron chi connectivity index (χ0n) is 19.7. The number of aliphatic hydroxyl groups is 1. The van der Waals surface area contributed by atoms with Gasteiger partial charge in [-0.25, -0.2) is 9.97 Å². The molecule has 8 heteroatoms. The van der Waals surface area contributed by atoms with Gasteiger partial charge >= 0.3 is 0 Å². The van der Waals surface area contributed by atoms with Crippen LogP contribution in [0.2, 0.25) is 5.02 Å². The van der Waals surface area contributed by atoms with Gasteiger partial charge in [0, 0.05) is 34.3 Å². The zero-order valence-corrected chi connectivity index (χ0v) is 22.0. The molecule has 2 aliphatic heterocycles. The first kappa shape index (κ1) is 26.2. The van der Waals surface area contributed by atoms with E-state index in [4.69, 9.17) is 16.6 Å². The molecule has 186 valence electrons. The van der Waals surface area contributed by atoms with Gasteiger partial charge in [0.05, 0.1) is 11.8 Å². The van der Waals surface area contributed by atoms with E-state index < -0.39 is 6.10 Å². The van der Waals surface area contributed by atoms with Crippen molar-refractivity contribution >= 4 is 47.9 Å². The van der Waals surface area contributed by atoms with Gasteiger partial charge in [-0.1, -0.05) is 48.9 Å². The fourth-order valence-corrected chi connectivity index (χ4v) is 6.51. The molecular weight excluding hydrogens is 503 g/mol. The van der Waals surface area contributed by atoms with Crippen molar-refractivity contribution in [3.05, 3.63) is 82.3 Å². The van der Waals surface area contributed by atoms with Crippen LogP contribution in [0.5, 0.6) is 0 Å². The van der Waals surface area contributed by atoms with E-state index >= 15 is 0 Å². The van der Waals surface area contributed by atoms with Crippen molar-refractivity contribution in [2.24, 2.45) is 0 Å². The number of aromatic nitrogens is 2. The van der Waals surface area contributed by atoms with Crippen LogP contribution in [0, 0.1) is 0 Å². The lowest BCUT2D eigenvalue weighted by Gasteiger charge is -2.40. The van der Waals surface area contributed by atoms with Crippen LogP contribution < -0.4 is 10.2 Å². The van der Waals surface area contributed by atoms with Crippen molar-refractivity contribution in [3.8, 4) is 0 Å². The number of benzene rings is 2. The first-order valence-electron chi connectivity index (χ1n) is 11.9. The molecule has 0 saturated carbocycles. The van der Waals surface area contributed by atoms with Gasteiger partial charge in [-0.3, -0.25) is 0 Å². The maximum absolute atomic E-state index is 10.5. The van der Waals surface area contributed by atoms with Gasteiger partial charge in [0.25, 0.3) is 0 Å². The summed E-state index contributed by atoms with van der Waals surface area (Å²) in [7, 11) is 0. The Bertz CT molecular complexity index is 1190. The smallest absolute Gasteiger partial charge is 0.140 e. The summed E-state index contributed by atoms with van der Waals surface area (Å²) in [5.74, 6) is 1.18. The second kappa shape index (κ2) is 10.2. The van der Waals surface area contributed by atoms with Crippen LogP contribution in [0.4, 0.5) is 11.5 Å². The number of halogens is 3. The normalized spacial score (nSPS) is 26.6. The van der Waals surface area contributed by atoms with Crippen LogP contribution in [-0.4, -0.2) is 34.2 Å². The molecule has 2 N–H and O–H groups in total. The molecule has 1 aromatic heterocycles. The van der Waals surface area contributed by atoms with Crippen molar-refractivity contribution in [2.45, 2.75) is 56.1 Å². The maximum Gasteiger partial charge on any atom is 0.140 e. The molecule has 0 bridgehead atoms. The summed E-state index contributed by atoms with van der Waals surface area (Å²) in [4.78, 5) is 11.6. The van der Waals surface area contributed by atoms with Crippen LogP contribution in [0.15, 0.2) is 54.9 Å². The zero-order chi connectivity index (χ0) is 22.6. The maximum atomic E-state index is 10.5. The van der Waals surface area contributed by atoms with E-state index in [0.29, 0.717) is 12.5 Å². The second-order valence-corrected chi connectivity index (χ2v) is 10.4. The Balaban J connectivity index is 0.00000144. The highest BCUT2D eigenvalue weighted by atomic mass is 35.5. The summed E-state index contributed by atoms with van der Waals surface area (Å²) in [5.41, 5.74) is 5.78. The van der Waals surface area contributed by atoms with Crippen LogP contribution in [0.25, 0.3) is 0 Å². The number of nitrogens with one attached hydrogen (secondary N) is 1. The van der Waals surface area contributed by atoms with Crippen molar-refractivity contribution < 1.29 is 5.11 Å². The number of hydrogen-bond donors (Lipinski definition) is 2. The molecule has 4 atom stereocenters. The predicted molar refractivity (Wildman–Crippen MR) is 146 cm³/mol. The molecule has 1 saturated heterocycles. The van der Waals surface area contributed by atoms with Crippen molar-refractivity contribution in [1.29, 1.82) is 0 Å². The number of hydrogen-bond acceptors (Lipinski definition) is 5. The number of anilines is 2. The average Bonchev–Trinajstić information content (AvgIpc) is 3.28. The van der Waals surface area contributed by atoms with Gasteiger partial charge in [-0.15, -0.1) is 24.8 Å². The summed E-state index contributed by atoms with van der Waals surface area (Å²) < 4.78 is 0. The standard InChI is InChI=1S/C27H29ClN4O.2ClH/c1-17-11-23(33)25-24(17)26(31-16-30-25)32-15-27(21-13-19(28)7-8-22(21)32)9-10-29-20(14-27)12-18-5-3-2-4-6-18;;/h2-8,13,16-17,20,23,29,33H,9-12,14-15H2,1H3;2*1H/t17-,20?,23-,27?;;/m1../s1. The number of nitrogens with zero attached hydrogens (tertiary/aromatic N) is 3. The Kier molecular flexibility index (Phi) is 7.65. The van der Waals surface area contributed by atoms with Gasteiger partial charge in [0.1, 0.15) is 12.1 Å². The summed E-state index contributed by atoms with van der Waals surface area (Å²) in [6.07, 6.45) is 4.94. The van der Waals surface area contributed by atoms with E-state index in [1.165, 1.54) is 16.8 Å². The quantitative estimate of drug-likeness (QED) is 0.439. The molecule has 1 aliphatic carbocycles. The Morgan fingerprint density at radius 1 is 1.14 bits per heavy atom. The molecule has 2 unspecified atom stereocenters. The third kappa shape index (κ3) is 4.54. The molecule has 6 rings (SSSR count). The highest BCUT2D eigenvalue weighted by Gasteiger charge is 2.47. The topological polar surface area (TPSA) is 61.3 Å². The predicted octanol–water partition coefficient (Wildman–Crippen LogP) is 5.90. The molecule has 1 fully saturated rings.